The molecular weight excluding hydrogens is 286 g/mol. The third kappa shape index (κ3) is 3.91. The number of aromatic nitrogens is 1. The van der Waals surface area contributed by atoms with E-state index in [1.165, 1.54) is 18.3 Å². The molecule has 0 spiro atoms. The van der Waals surface area contributed by atoms with Crippen LogP contribution in [0.25, 0.3) is 0 Å². The first-order chi connectivity index (χ1) is 9.70. The maximum absolute atomic E-state index is 13.9. The van der Waals surface area contributed by atoms with Crippen LogP contribution in [0, 0.1) is 0 Å². The molecule has 3 nitrogen and oxygen atoms in total. The molecule has 1 aliphatic rings. The van der Waals surface area contributed by atoms with Gasteiger partial charge in [-0.25, -0.2) is 17.6 Å². The molecule has 1 aliphatic heterocycles. The monoisotopic (exact) mass is 305 g/mol. The topological polar surface area (TPSA) is 50.9 Å². The minimum atomic E-state index is -3.03. The lowest BCUT2D eigenvalue weighted by Crippen LogP contribution is -2.43. The molecule has 1 aromatic rings. The smallest absolute Gasteiger partial charge is 0.260 e. The molecule has 0 radical (unpaired) electrons. The first kappa shape index (κ1) is 16.2. The lowest BCUT2D eigenvalue weighted by molar-refractivity contribution is -0.0480. The average Bonchev–Trinajstić information content (AvgIpc) is 2.37. The molecule has 118 valence electrons. The molecule has 0 aromatic carbocycles. The fourth-order valence-electron chi connectivity index (χ4n) is 2.42. The third-order valence-corrected chi connectivity index (χ3v) is 3.82. The van der Waals surface area contributed by atoms with E-state index < -0.39 is 23.8 Å². The maximum atomic E-state index is 13.9. The van der Waals surface area contributed by atoms with Crippen LogP contribution in [-0.2, 0) is 6.42 Å². The van der Waals surface area contributed by atoms with E-state index >= 15 is 0 Å². The molecule has 2 atom stereocenters. The van der Waals surface area contributed by atoms with Crippen molar-refractivity contribution in [2.24, 2.45) is 5.73 Å². The molecule has 21 heavy (non-hydrogen) atoms. The molecule has 1 aromatic heterocycles. The van der Waals surface area contributed by atoms with Gasteiger partial charge < -0.3 is 11.1 Å². The number of alkyl halides is 4. The molecule has 0 amide bonds. The number of pyridine rings is 1. The fourth-order valence-corrected chi connectivity index (χ4v) is 2.42. The van der Waals surface area contributed by atoms with E-state index in [9.17, 15) is 17.6 Å². The van der Waals surface area contributed by atoms with Crippen LogP contribution in [0.4, 0.5) is 17.6 Å². The first-order valence-electron chi connectivity index (χ1n) is 6.87. The Morgan fingerprint density at radius 3 is 2.86 bits per heavy atom. The summed E-state index contributed by atoms with van der Waals surface area (Å²) in [6, 6.07) is 1.58. The summed E-state index contributed by atoms with van der Waals surface area (Å²) in [6.07, 6.45) is 0.987. The van der Waals surface area contributed by atoms with Gasteiger partial charge >= 0.3 is 0 Å². The number of nitrogens with zero attached hydrogens (tertiary/aromatic N) is 1. The quantitative estimate of drug-likeness (QED) is 0.839. The van der Waals surface area contributed by atoms with Crippen LogP contribution < -0.4 is 11.1 Å². The van der Waals surface area contributed by atoms with Crippen molar-refractivity contribution in [3.8, 4) is 0 Å². The van der Waals surface area contributed by atoms with Gasteiger partial charge in [-0.05, 0) is 17.7 Å². The molecule has 1 saturated heterocycles. The van der Waals surface area contributed by atoms with Crippen molar-refractivity contribution >= 4 is 0 Å². The number of hydrogen-bond acceptors (Lipinski definition) is 3. The Kier molecular flexibility index (Phi) is 4.53. The van der Waals surface area contributed by atoms with Crippen LogP contribution in [0.15, 0.2) is 18.3 Å². The van der Waals surface area contributed by atoms with E-state index in [-0.39, 0.29) is 25.9 Å². The highest BCUT2D eigenvalue weighted by atomic mass is 19.3. The lowest BCUT2D eigenvalue weighted by Gasteiger charge is -2.32. The van der Waals surface area contributed by atoms with Crippen LogP contribution >= 0.6 is 0 Å². The molecule has 2 heterocycles. The molecular formula is C14H19F4N3. The Morgan fingerprint density at radius 1 is 1.52 bits per heavy atom. The summed E-state index contributed by atoms with van der Waals surface area (Å²) in [6.45, 7) is 1.17. The van der Waals surface area contributed by atoms with Gasteiger partial charge in [0.2, 0.25) is 0 Å². The molecule has 1 fully saturated rings. The van der Waals surface area contributed by atoms with Gasteiger partial charge in [0.05, 0.1) is 12.0 Å². The van der Waals surface area contributed by atoms with Crippen LogP contribution in [0.2, 0.25) is 0 Å². The van der Waals surface area contributed by atoms with Crippen molar-refractivity contribution < 1.29 is 17.6 Å². The van der Waals surface area contributed by atoms with Crippen LogP contribution in [0.5, 0.6) is 0 Å². The second-order valence-corrected chi connectivity index (χ2v) is 5.62. The Bertz CT molecular complexity index is 487. The molecule has 7 heteroatoms. The third-order valence-electron chi connectivity index (χ3n) is 3.82. The van der Waals surface area contributed by atoms with Gasteiger partial charge in [0, 0.05) is 44.7 Å². The van der Waals surface area contributed by atoms with Crippen LogP contribution in [-0.4, -0.2) is 36.0 Å². The maximum Gasteiger partial charge on any atom is 0.260 e. The summed E-state index contributed by atoms with van der Waals surface area (Å²) in [5.41, 5.74) is 6.13. The minimum absolute atomic E-state index is 0.150. The largest absolute Gasteiger partial charge is 0.322 e. The van der Waals surface area contributed by atoms with Crippen molar-refractivity contribution in [3.05, 3.63) is 29.6 Å². The molecule has 0 saturated carbocycles. The zero-order valence-electron chi connectivity index (χ0n) is 11.8. The van der Waals surface area contributed by atoms with Gasteiger partial charge in [-0.1, -0.05) is 0 Å². The van der Waals surface area contributed by atoms with Gasteiger partial charge in [0.1, 0.15) is 0 Å². The van der Waals surface area contributed by atoms with Crippen molar-refractivity contribution in [2.45, 2.75) is 43.6 Å². The minimum Gasteiger partial charge on any atom is -0.322 e. The van der Waals surface area contributed by atoms with Crippen molar-refractivity contribution in [1.82, 2.24) is 10.3 Å². The van der Waals surface area contributed by atoms with E-state index in [0.29, 0.717) is 11.3 Å². The van der Waals surface area contributed by atoms with E-state index in [0.717, 1.165) is 6.92 Å². The molecule has 2 unspecified atom stereocenters. The van der Waals surface area contributed by atoms with Crippen molar-refractivity contribution in [1.29, 1.82) is 0 Å². The molecule has 0 bridgehead atoms. The predicted molar refractivity (Wildman–Crippen MR) is 71.7 cm³/mol. The number of hydrogen-bond donors (Lipinski definition) is 2. The zero-order valence-corrected chi connectivity index (χ0v) is 11.8. The fraction of sp³-hybridized carbons (Fsp3) is 0.643. The van der Waals surface area contributed by atoms with E-state index in [4.69, 9.17) is 5.73 Å². The summed E-state index contributed by atoms with van der Waals surface area (Å²) in [5, 5.41) is 2.93. The number of halogens is 4. The van der Waals surface area contributed by atoms with Crippen molar-refractivity contribution in [2.75, 3.05) is 13.1 Å². The Labute approximate surface area is 120 Å². The summed E-state index contributed by atoms with van der Waals surface area (Å²) in [4.78, 5) is 3.96. The van der Waals surface area contributed by atoms with Gasteiger partial charge in [-0.2, -0.15) is 0 Å². The normalized spacial score (nSPS) is 23.8. The standard InChI is InChI=1S/C14H19F4N3/c1-13(15,16)12(19)7-10-6-9(2-4-21-10)11-8-20-5-3-14(11,17)18/h2,4,6,11-12,20H,3,5,7-8,19H2,1H3. The van der Waals surface area contributed by atoms with Crippen LogP contribution in [0.1, 0.15) is 30.5 Å². The highest BCUT2D eigenvalue weighted by molar-refractivity contribution is 5.25. The van der Waals surface area contributed by atoms with Gasteiger partial charge in [-0.15, -0.1) is 0 Å². The predicted octanol–water partition coefficient (Wildman–Crippen LogP) is 2.32. The first-order valence-corrected chi connectivity index (χ1v) is 6.87. The number of nitrogens with one attached hydrogen (secondary N) is 1. The molecule has 2 rings (SSSR count). The zero-order chi connectivity index (χ0) is 15.7. The Morgan fingerprint density at radius 2 is 2.24 bits per heavy atom. The Hall–Kier alpha value is -1.21. The second-order valence-electron chi connectivity index (χ2n) is 5.62. The number of nitrogens with two attached hydrogens (primary N) is 1. The van der Waals surface area contributed by atoms with Crippen molar-refractivity contribution in [3.63, 3.8) is 0 Å². The number of piperidine rings is 1. The second kappa shape index (κ2) is 5.88. The van der Waals surface area contributed by atoms with Gasteiger partial charge in [-0.3, -0.25) is 4.98 Å². The summed E-state index contributed by atoms with van der Waals surface area (Å²) >= 11 is 0. The van der Waals surface area contributed by atoms with Crippen LogP contribution in [0.3, 0.4) is 0 Å². The van der Waals surface area contributed by atoms with E-state index in [1.807, 2.05) is 0 Å². The van der Waals surface area contributed by atoms with Gasteiger partial charge in [0.25, 0.3) is 11.8 Å². The number of rotatable bonds is 4. The van der Waals surface area contributed by atoms with Gasteiger partial charge in [0.15, 0.2) is 0 Å². The highest BCUT2D eigenvalue weighted by Crippen LogP contribution is 2.37. The average molecular weight is 305 g/mol. The molecule has 3 N–H and O–H groups in total. The lowest BCUT2D eigenvalue weighted by atomic mass is 9.88. The molecule has 0 aliphatic carbocycles. The van der Waals surface area contributed by atoms with E-state index in [2.05, 4.69) is 10.3 Å². The highest BCUT2D eigenvalue weighted by Gasteiger charge is 2.42. The SMILES string of the molecule is CC(F)(F)C(N)Cc1cc(C2CNCCC2(F)F)ccn1. The summed E-state index contributed by atoms with van der Waals surface area (Å²) < 4.78 is 54.1. The Balaban J connectivity index is 2.18. The van der Waals surface area contributed by atoms with E-state index in [1.54, 1.807) is 0 Å². The summed E-state index contributed by atoms with van der Waals surface area (Å²) in [5.74, 6) is -6.80. The summed E-state index contributed by atoms with van der Waals surface area (Å²) in [7, 11) is 0.